The molecular formula is C19H20ClNO4. The van der Waals surface area contributed by atoms with Gasteiger partial charge in [0.2, 0.25) is 0 Å². The summed E-state index contributed by atoms with van der Waals surface area (Å²) in [7, 11) is 1.49. The molecule has 1 atom stereocenters. The third-order valence-corrected chi connectivity index (χ3v) is 3.91. The minimum Gasteiger partial charge on any atom is -0.495 e. The molecule has 132 valence electrons. The van der Waals surface area contributed by atoms with Gasteiger partial charge in [-0.1, -0.05) is 48.9 Å². The highest BCUT2D eigenvalue weighted by molar-refractivity contribution is 6.31. The van der Waals surface area contributed by atoms with Crippen LogP contribution in [0.5, 0.6) is 5.75 Å². The first-order chi connectivity index (χ1) is 12.0. The molecule has 1 N–H and O–H groups in total. The molecule has 25 heavy (non-hydrogen) atoms. The summed E-state index contributed by atoms with van der Waals surface area (Å²) in [5.74, 6) is -0.812. The van der Waals surface area contributed by atoms with Crippen LogP contribution in [-0.4, -0.2) is 25.6 Å². The Hall–Kier alpha value is -2.53. The predicted molar refractivity (Wildman–Crippen MR) is 97.1 cm³/mol. The zero-order valence-corrected chi connectivity index (χ0v) is 14.9. The number of hydrogen-bond acceptors (Lipinski definition) is 4. The number of anilines is 1. The molecule has 0 aliphatic rings. The van der Waals surface area contributed by atoms with Crippen molar-refractivity contribution in [3.05, 3.63) is 59.1 Å². The van der Waals surface area contributed by atoms with Crippen molar-refractivity contribution < 1.29 is 19.1 Å². The minimum absolute atomic E-state index is 0.377. The molecule has 0 saturated carbocycles. The van der Waals surface area contributed by atoms with Crippen molar-refractivity contribution in [2.45, 2.75) is 19.3 Å². The van der Waals surface area contributed by atoms with Gasteiger partial charge in [0, 0.05) is 5.02 Å². The number of nitrogens with one attached hydrogen (secondary N) is 1. The quantitative estimate of drug-likeness (QED) is 0.756. The summed E-state index contributed by atoms with van der Waals surface area (Å²) in [6.07, 6.45) is 0.590. The Morgan fingerprint density at radius 3 is 2.52 bits per heavy atom. The fraction of sp³-hybridized carbons (Fsp3) is 0.263. The Bertz CT molecular complexity index is 733. The Balaban J connectivity index is 1.95. The highest BCUT2D eigenvalue weighted by atomic mass is 35.5. The van der Waals surface area contributed by atoms with Gasteiger partial charge in [-0.15, -0.1) is 0 Å². The van der Waals surface area contributed by atoms with E-state index in [1.807, 2.05) is 37.3 Å². The molecule has 0 saturated heterocycles. The molecule has 0 fully saturated rings. The lowest BCUT2D eigenvalue weighted by Gasteiger charge is -2.15. The fourth-order valence-corrected chi connectivity index (χ4v) is 2.60. The average Bonchev–Trinajstić information content (AvgIpc) is 2.62. The standard InChI is InChI=1S/C19H20ClNO4/c1-3-15(13-7-5-4-6-8-13)19(23)25-12-18(22)21-16-11-14(20)9-10-17(16)24-2/h4-11,15H,3,12H2,1-2H3,(H,21,22)/t15-/m0/s1. The second-order valence-corrected chi connectivity index (χ2v) is 5.81. The number of benzene rings is 2. The van der Waals surface area contributed by atoms with Crippen LogP contribution in [0.4, 0.5) is 5.69 Å². The lowest BCUT2D eigenvalue weighted by atomic mass is 9.97. The van der Waals surface area contributed by atoms with Gasteiger partial charge in [-0.3, -0.25) is 9.59 Å². The van der Waals surface area contributed by atoms with Crippen molar-refractivity contribution in [3.63, 3.8) is 0 Å². The van der Waals surface area contributed by atoms with Crippen LogP contribution in [0, 0.1) is 0 Å². The number of esters is 1. The van der Waals surface area contributed by atoms with Gasteiger partial charge in [-0.25, -0.2) is 0 Å². The molecule has 0 aliphatic heterocycles. The van der Waals surface area contributed by atoms with Crippen molar-refractivity contribution in [3.8, 4) is 5.75 Å². The summed E-state index contributed by atoms with van der Waals surface area (Å²) in [5, 5.41) is 3.09. The number of ether oxygens (including phenoxy) is 2. The van der Waals surface area contributed by atoms with Crippen molar-refractivity contribution in [1.82, 2.24) is 0 Å². The molecule has 0 aliphatic carbocycles. The second-order valence-electron chi connectivity index (χ2n) is 5.37. The van der Waals surface area contributed by atoms with E-state index in [2.05, 4.69) is 5.32 Å². The number of methoxy groups -OCH3 is 1. The first-order valence-electron chi connectivity index (χ1n) is 7.90. The van der Waals surface area contributed by atoms with Gasteiger partial charge in [0.15, 0.2) is 6.61 Å². The van der Waals surface area contributed by atoms with E-state index < -0.39 is 17.8 Å². The molecular weight excluding hydrogens is 342 g/mol. The molecule has 0 spiro atoms. The van der Waals surface area contributed by atoms with Crippen molar-refractivity contribution in [2.75, 3.05) is 19.0 Å². The molecule has 0 heterocycles. The first kappa shape index (κ1) is 18.8. The molecule has 2 aromatic carbocycles. The molecule has 0 bridgehead atoms. The van der Waals surface area contributed by atoms with E-state index in [-0.39, 0.29) is 6.61 Å². The molecule has 2 aromatic rings. The van der Waals surface area contributed by atoms with Crippen LogP contribution >= 0.6 is 11.6 Å². The molecule has 0 unspecified atom stereocenters. The first-order valence-corrected chi connectivity index (χ1v) is 8.28. The van der Waals surface area contributed by atoms with E-state index in [0.717, 1.165) is 5.56 Å². The minimum atomic E-state index is -0.461. The smallest absolute Gasteiger partial charge is 0.313 e. The van der Waals surface area contributed by atoms with Crippen molar-refractivity contribution in [1.29, 1.82) is 0 Å². The zero-order chi connectivity index (χ0) is 18.2. The number of carbonyl (C=O) groups excluding carboxylic acids is 2. The van der Waals surface area contributed by atoms with E-state index in [1.165, 1.54) is 7.11 Å². The van der Waals surface area contributed by atoms with Gasteiger partial charge in [0.25, 0.3) is 5.91 Å². The monoisotopic (exact) mass is 361 g/mol. The third kappa shape index (κ3) is 5.22. The average molecular weight is 362 g/mol. The molecule has 5 nitrogen and oxygen atoms in total. The van der Waals surface area contributed by atoms with Gasteiger partial charge in [-0.2, -0.15) is 0 Å². The molecule has 1 amide bonds. The summed E-state index contributed by atoms with van der Waals surface area (Å²) in [5.41, 5.74) is 1.29. The highest BCUT2D eigenvalue weighted by Gasteiger charge is 2.21. The van der Waals surface area contributed by atoms with E-state index >= 15 is 0 Å². The highest BCUT2D eigenvalue weighted by Crippen LogP contribution is 2.27. The molecule has 0 aromatic heterocycles. The van der Waals surface area contributed by atoms with Crippen LogP contribution in [0.1, 0.15) is 24.8 Å². The summed E-state index contributed by atoms with van der Waals surface area (Å²) in [6, 6.07) is 14.2. The number of amides is 1. The molecule has 6 heteroatoms. The Morgan fingerprint density at radius 1 is 1.16 bits per heavy atom. The number of carbonyl (C=O) groups is 2. The number of rotatable bonds is 7. The predicted octanol–water partition coefficient (Wildman–Crippen LogP) is 4.02. The lowest BCUT2D eigenvalue weighted by Crippen LogP contribution is -2.24. The Morgan fingerprint density at radius 2 is 1.88 bits per heavy atom. The van der Waals surface area contributed by atoms with Gasteiger partial charge < -0.3 is 14.8 Å². The van der Waals surface area contributed by atoms with Crippen LogP contribution in [0.15, 0.2) is 48.5 Å². The number of halogens is 1. The third-order valence-electron chi connectivity index (χ3n) is 3.68. The van der Waals surface area contributed by atoms with Crippen LogP contribution in [0.25, 0.3) is 0 Å². The van der Waals surface area contributed by atoms with Gasteiger partial charge in [0.1, 0.15) is 5.75 Å². The summed E-state index contributed by atoms with van der Waals surface area (Å²) < 4.78 is 10.3. The van der Waals surface area contributed by atoms with Crippen LogP contribution in [-0.2, 0) is 14.3 Å². The van der Waals surface area contributed by atoms with Gasteiger partial charge in [0.05, 0.1) is 18.7 Å². The van der Waals surface area contributed by atoms with E-state index in [0.29, 0.717) is 22.9 Å². The van der Waals surface area contributed by atoms with Gasteiger partial charge in [-0.05, 0) is 30.2 Å². The molecule has 0 radical (unpaired) electrons. The van der Waals surface area contributed by atoms with E-state index in [4.69, 9.17) is 21.1 Å². The number of hydrogen-bond donors (Lipinski definition) is 1. The fourth-order valence-electron chi connectivity index (χ4n) is 2.43. The maximum Gasteiger partial charge on any atom is 0.313 e. The second kappa shape index (κ2) is 9.08. The summed E-state index contributed by atoms with van der Waals surface area (Å²) >= 11 is 5.92. The SMILES string of the molecule is CC[C@H](C(=O)OCC(=O)Nc1cc(Cl)ccc1OC)c1ccccc1. The summed E-state index contributed by atoms with van der Waals surface area (Å²) in [4.78, 5) is 24.3. The van der Waals surface area contributed by atoms with Gasteiger partial charge >= 0.3 is 5.97 Å². The van der Waals surface area contributed by atoms with Crippen molar-refractivity contribution >= 4 is 29.2 Å². The van der Waals surface area contributed by atoms with Crippen LogP contribution in [0.3, 0.4) is 0 Å². The maximum atomic E-state index is 12.3. The van der Waals surface area contributed by atoms with E-state index in [1.54, 1.807) is 18.2 Å². The maximum absolute atomic E-state index is 12.3. The van der Waals surface area contributed by atoms with E-state index in [9.17, 15) is 9.59 Å². The molecule has 2 rings (SSSR count). The largest absolute Gasteiger partial charge is 0.495 e. The normalized spacial score (nSPS) is 11.5. The van der Waals surface area contributed by atoms with Crippen molar-refractivity contribution in [2.24, 2.45) is 0 Å². The zero-order valence-electron chi connectivity index (χ0n) is 14.1. The topological polar surface area (TPSA) is 64.6 Å². The van der Waals surface area contributed by atoms with Crippen LogP contribution in [0.2, 0.25) is 5.02 Å². The Labute approximate surface area is 151 Å². The summed E-state index contributed by atoms with van der Waals surface area (Å²) in [6.45, 7) is 1.52. The lowest BCUT2D eigenvalue weighted by molar-refractivity contribution is -0.149. The van der Waals surface area contributed by atoms with Crippen LogP contribution < -0.4 is 10.1 Å². The Kier molecular flexibility index (Phi) is 6.83.